The number of benzene rings is 1. The highest BCUT2D eigenvalue weighted by molar-refractivity contribution is 5.60. The second-order valence-electron chi connectivity index (χ2n) is 4.71. The van der Waals surface area contributed by atoms with E-state index in [1.807, 2.05) is 19.2 Å². The molecule has 0 radical (unpaired) electrons. The van der Waals surface area contributed by atoms with E-state index in [9.17, 15) is 10.4 Å². The Hall–Kier alpha value is -1.57. The van der Waals surface area contributed by atoms with Gasteiger partial charge in [0.25, 0.3) is 0 Å². The van der Waals surface area contributed by atoms with Crippen molar-refractivity contribution in [3.63, 3.8) is 0 Å². The highest BCUT2D eigenvalue weighted by atomic mass is 16.3. The molecule has 96 valence electrons. The van der Waals surface area contributed by atoms with Crippen LogP contribution in [0, 0.1) is 11.3 Å². The highest BCUT2D eigenvalue weighted by Gasteiger charge is 2.19. The number of hydrogen-bond donors (Lipinski definition) is 2. The molecule has 0 saturated carbocycles. The number of anilines is 1. The molecule has 1 aromatic rings. The molecular weight excluding hydrogens is 226 g/mol. The smallest absolute Gasteiger partial charge is 0.101 e. The van der Waals surface area contributed by atoms with Gasteiger partial charge in [-0.1, -0.05) is 6.07 Å². The quantitative estimate of drug-likeness (QED) is 0.841. The molecule has 0 spiro atoms. The molecule has 0 aliphatic carbocycles. The number of rotatable bonds is 3. The summed E-state index contributed by atoms with van der Waals surface area (Å²) < 4.78 is 0. The Morgan fingerprint density at radius 3 is 2.78 bits per heavy atom. The maximum atomic E-state index is 9.51. The van der Waals surface area contributed by atoms with Crippen molar-refractivity contribution in [2.24, 2.45) is 0 Å². The van der Waals surface area contributed by atoms with Crippen molar-refractivity contribution in [3.05, 3.63) is 29.3 Å². The molecule has 1 aliphatic heterocycles. The predicted molar refractivity (Wildman–Crippen MR) is 71.4 cm³/mol. The van der Waals surface area contributed by atoms with Crippen LogP contribution in [0.2, 0.25) is 0 Å². The zero-order valence-electron chi connectivity index (χ0n) is 10.7. The molecule has 2 N–H and O–H groups in total. The van der Waals surface area contributed by atoms with Gasteiger partial charge >= 0.3 is 0 Å². The van der Waals surface area contributed by atoms with Gasteiger partial charge in [0.05, 0.1) is 17.4 Å². The van der Waals surface area contributed by atoms with Gasteiger partial charge in [0.1, 0.15) is 6.07 Å². The van der Waals surface area contributed by atoms with Crippen LogP contribution in [0.1, 0.15) is 24.0 Å². The lowest BCUT2D eigenvalue weighted by Crippen LogP contribution is -2.36. The Bertz CT molecular complexity index is 445. The molecule has 18 heavy (non-hydrogen) atoms. The maximum absolute atomic E-state index is 9.51. The number of piperidine rings is 1. The van der Waals surface area contributed by atoms with Crippen molar-refractivity contribution in [2.75, 3.05) is 25.0 Å². The lowest BCUT2D eigenvalue weighted by molar-refractivity contribution is 0.145. The second kappa shape index (κ2) is 5.85. The number of nitrogens with zero attached hydrogens (tertiary/aromatic N) is 2. The normalized spacial score (nSPS) is 16.6. The van der Waals surface area contributed by atoms with Crippen molar-refractivity contribution in [1.29, 1.82) is 5.26 Å². The molecule has 4 nitrogen and oxygen atoms in total. The van der Waals surface area contributed by atoms with Gasteiger partial charge < -0.3 is 15.3 Å². The Labute approximate surface area is 108 Å². The van der Waals surface area contributed by atoms with Gasteiger partial charge in [-0.15, -0.1) is 0 Å². The number of nitrogens with one attached hydrogen (secondary N) is 1. The van der Waals surface area contributed by atoms with Crippen LogP contribution >= 0.6 is 0 Å². The molecule has 1 fully saturated rings. The fraction of sp³-hybridized carbons (Fsp3) is 0.500. The van der Waals surface area contributed by atoms with Crippen LogP contribution in [-0.4, -0.2) is 31.3 Å². The van der Waals surface area contributed by atoms with Gasteiger partial charge in [0.15, 0.2) is 0 Å². The third-order valence-electron chi connectivity index (χ3n) is 3.37. The molecule has 1 heterocycles. The third kappa shape index (κ3) is 2.81. The summed E-state index contributed by atoms with van der Waals surface area (Å²) in [5, 5.41) is 21.8. The highest BCUT2D eigenvalue weighted by Crippen LogP contribution is 2.25. The van der Waals surface area contributed by atoms with Crippen LogP contribution in [0.5, 0.6) is 0 Å². The summed E-state index contributed by atoms with van der Waals surface area (Å²) >= 11 is 0. The fourth-order valence-corrected chi connectivity index (χ4v) is 2.37. The van der Waals surface area contributed by atoms with E-state index in [0.717, 1.165) is 49.3 Å². The summed E-state index contributed by atoms with van der Waals surface area (Å²) in [6.45, 7) is 2.41. The summed E-state index contributed by atoms with van der Waals surface area (Å²) in [4.78, 5) is 2.19. The first kappa shape index (κ1) is 12.9. The Morgan fingerprint density at radius 2 is 2.17 bits per heavy atom. The Balaban J connectivity index is 2.20. The molecular formula is C14H19N3O. The van der Waals surface area contributed by atoms with Gasteiger partial charge in [-0.25, -0.2) is 0 Å². The van der Waals surface area contributed by atoms with E-state index in [2.05, 4.69) is 22.4 Å². The molecule has 0 bridgehead atoms. The standard InChI is InChI=1S/C14H19N3O/c1-16-10-11-2-3-14(12(8-11)9-15)17-6-4-13(18)5-7-17/h2-3,8,13,16,18H,4-7,10H2,1H3. The van der Waals surface area contributed by atoms with Gasteiger partial charge in [-0.05, 0) is 37.6 Å². The number of aliphatic hydroxyl groups is 1. The van der Waals surface area contributed by atoms with Crippen molar-refractivity contribution in [3.8, 4) is 6.07 Å². The summed E-state index contributed by atoms with van der Waals surface area (Å²) in [6, 6.07) is 8.28. The molecule has 1 aromatic carbocycles. The third-order valence-corrected chi connectivity index (χ3v) is 3.37. The van der Waals surface area contributed by atoms with E-state index in [1.165, 1.54) is 0 Å². The first-order valence-electron chi connectivity index (χ1n) is 6.35. The zero-order valence-corrected chi connectivity index (χ0v) is 10.7. The summed E-state index contributed by atoms with van der Waals surface area (Å²) in [5.74, 6) is 0. The lowest BCUT2D eigenvalue weighted by Gasteiger charge is -2.32. The first-order valence-corrected chi connectivity index (χ1v) is 6.35. The van der Waals surface area contributed by atoms with Crippen LogP contribution in [0.3, 0.4) is 0 Å². The zero-order chi connectivity index (χ0) is 13.0. The van der Waals surface area contributed by atoms with Crippen LogP contribution in [-0.2, 0) is 6.54 Å². The minimum atomic E-state index is -0.185. The van der Waals surface area contributed by atoms with Crippen molar-refractivity contribution in [1.82, 2.24) is 5.32 Å². The van der Waals surface area contributed by atoms with E-state index < -0.39 is 0 Å². The Kier molecular flexibility index (Phi) is 4.19. The average molecular weight is 245 g/mol. The average Bonchev–Trinajstić information content (AvgIpc) is 2.40. The minimum absolute atomic E-state index is 0.185. The molecule has 0 unspecified atom stereocenters. The largest absolute Gasteiger partial charge is 0.393 e. The number of hydrogen-bond acceptors (Lipinski definition) is 4. The van der Waals surface area contributed by atoms with Crippen LogP contribution in [0.25, 0.3) is 0 Å². The van der Waals surface area contributed by atoms with Gasteiger partial charge in [0.2, 0.25) is 0 Å². The topological polar surface area (TPSA) is 59.3 Å². The predicted octanol–water partition coefficient (Wildman–Crippen LogP) is 1.24. The molecule has 0 aromatic heterocycles. The maximum Gasteiger partial charge on any atom is 0.101 e. The van der Waals surface area contributed by atoms with E-state index in [0.29, 0.717) is 0 Å². The van der Waals surface area contributed by atoms with Crippen molar-refractivity contribution >= 4 is 5.69 Å². The molecule has 2 rings (SSSR count). The van der Waals surface area contributed by atoms with Gasteiger partial charge in [-0.2, -0.15) is 5.26 Å². The molecule has 1 aliphatic rings. The number of nitriles is 1. The van der Waals surface area contributed by atoms with E-state index >= 15 is 0 Å². The van der Waals surface area contributed by atoms with Crippen LogP contribution < -0.4 is 10.2 Å². The van der Waals surface area contributed by atoms with E-state index in [1.54, 1.807) is 0 Å². The van der Waals surface area contributed by atoms with Gasteiger partial charge in [-0.3, -0.25) is 0 Å². The summed E-state index contributed by atoms with van der Waals surface area (Å²) in [6.07, 6.45) is 1.38. The molecule has 0 amide bonds. The van der Waals surface area contributed by atoms with Crippen molar-refractivity contribution in [2.45, 2.75) is 25.5 Å². The SMILES string of the molecule is CNCc1ccc(N2CCC(O)CC2)c(C#N)c1. The summed E-state index contributed by atoms with van der Waals surface area (Å²) in [5.41, 5.74) is 2.83. The van der Waals surface area contributed by atoms with Crippen LogP contribution in [0.4, 0.5) is 5.69 Å². The lowest BCUT2D eigenvalue weighted by atomic mass is 10.0. The molecule has 0 atom stereocenters. The summed E-state index contributed by atoms with van der Waals surface area (Å²) in [7, 11) is 1.89. The second-order valence-corrected chi connectivity index (χ2v) is 4.71. The Morgan fingerprint density at radius 1 is 1.44 bits per heavy atom. The first-order chi connectivity index (χ1) is 8.74. The molecule has 4 heteroatoms. The number of aliphatic hydroxyl groups excluding tert-OH is 1. The minimum Gasteiger partial charge on any atom is -0.393 e. The van der Waals surface area contributed by atoms with Crippen molar-refractivity contribution < 1.29 is 5.11 Å². The monoisotopic (exact) mass is 245 g/mol. The fourth-order valence-electron chi connectivity index (χ4n) is 2.37. The van der Waals surface area contributed by atoms with Gasteiger partial charge in [0, 0.05) is 19.6 Å². The van der Waals surface area contributed by atoms with Crippen LogP contribution in [0.15, 0.2) is 18.2 Å². The van der Waals surface area contributed by atoms with E-state index in [4.69, 9.17) is 0 Å². The molecule has 1 saturated heterocycles. The van der Waals surface area contributed by atoms with E-state index in [-0.39, 0.29) is 6.10 Å².